The van der Waals surface area contributed by atoms with Crippen molar-refractivity contribution in [3.63, 3.8) is 0 Å². The number of amides is 1. The number of anilines is 2. The Morgan fingerprint density at radius 3 is 2.52 bits per heavy atom. The minimum atomic E-state index is -3.33. The Bertz CT molecular complexity index is 783. The van der Waals surface area contributed by atoms with Gasteiger partial charge in [0.2, 0.25) is 10.0 Å². The van der Waals surface area contributed by atoms with E-state index in [9.17, 15) is 13.2 Å². The summed E-state index contributed by atoms with van der Waals surface area (Å²) in [5, 5.41) is 2.71. The minimum Gasteiger partial charge on any atom is -0.457 e. The van der Waals surface area contributed by atoms with Crippen LogP contribution in [-0.4, -0.2) is 20.6 Å². The molecular formula is C13H13BrN2O4S. The van der Waals surface area contributed by atoms with E-state index in [1.807, 2.05) is 0 Å². The molecule has 2 aromatic rings. The standard InChI is InChI=1S/C13H13BrN2O4S/c1-8-7-9(3-4-11(8)16-21(2,18)19)15-13(17)10-5-6-20-12(10)14/h3-7,16H,1-2H3,(H,15,17). The van der Waals surface area contributed by atoms with Crippen molar-refractivity contribution in [2.45, 2.75) is 6.92 Å². The lowest BCUT2D eigenvalue weighted by atomic mass is 10.2. The second kappa shape index (κ2) is 5.90. The van der Waals surface area contributed by atoms with Gasteiger partial charge in [-0.2, -0.15) is 0 Å². The molecule has 112 valence electrons. The Hall–Kier alpha value is -1.80. The van der Waals surface area contributed by atoms with Crippen LogP contribution in [0.25, 0.3) is 0 Å². The molecule has 1 heterocycles. The molecule has 0 saturated heterocycles. The average molecular weight is 373 g/mol. The summed E-state index contributed by atoms with van der Waals surface area (Å²) in [5.41, 5.74) is 2.11. The van der Waals surface area contributed by atoms with Crippen molar-refractivity contribution in [2.75, 3.05) is 16.3 Å². The highest BCUT2D eigenvalue weighted by Gasteiger charge is 2.13. The van der Waals surface area contributed by atoms with Crippen molar-refractivity contribution in [1.29, 1.82) is 0 Å². The molecule has 0 aliphatic rings. The average Bonchev–Trinajstić information content (AvgIpc) is 2.77. The molecule has 1 aromatic carbocycles. The molecule has 0 fully saturated rings. The normalized spacial score (nSPS) is 11.2. The zero-order valence-corrected chi connectivity index (χ0v) is 13.7. The molecule has 0 atom stereocenters. The summed E-state index contributed by atoms with van der Waals surface area (Å²) in [6.07, 6.45) is 2.49. The number of hydrogen-bond donors (Lipinski definition) is 2. The molecule has 0 bridgehead atoms. The van der Waals surface area contributed by atoms with E-state index in [4.69, 9.17) is 4.42 Å². The number of halogens is 1. The molecule has 1 aromatic heterocycles. The van der Waals surface area contributed by atoms with E-state index in [1.165, 1.54) is 6.26 Å². The number of carbonyl (C=O) groups is 1. The van der Waals surface area contributed by atoms with Crippen molar-refractivity contribution in [1.82, 2.24) is 0 Å². The van der Waals surface area contributed by atoms with Crippen LogP contribution < -0.4 is 10.0 Å². The number of aryl methyl sites for hydroxylation is 1. The van der Waals surface area contributed by atoms with Crippen molar-refractivity contribution >= 4 is 43.2 Å². The highest BCUT2D eigenvalue weighted by atomic mass is 79.9. The number of sulfonamides is 1. The quantitative estimate of drug-likeness (QED) is 0.863. The maximum absolute atomic E-state index is 12.0. The molecule has 0 radical (unpaired) electrons. The van der Waals surface area contributed by atoms with Crippen LogP contribution in [0.3, 0.4) is 0 Å². The lowest BCUT2D eigenvalue weighted by molar-refractivity contribution is 0.102. The number of furan rings is 1. The van der Waals surface area contributed by atoms with E-state index >= 15 is 0 Å². The van der Waals surface area contributed by atoms with Crippen LogP contribution in [0.5, 0.6) is 0 Å². The molecule has 0 aliphatic heterocycles. The van der Waals surface area contributed by atoms with Gasteiger partial charge in [0.15, 0.2) is 4.67 Å². The monoisotopic (exact) mass is 372 g/mol. The summed E-state index contributed by atoms with van der Waals surface area (Å²) < 4.78 is 30.2. The van der Waals surface area contributed by atoms with Gasteiger partial charge in [0.1, 0.15) is 0 Å². The molecule has 2 rings (SSSR count). The van der Waals surface area contributed by atoms with Gasteiger partial charge in [-0.25, -0.2) is 8.42 Å². The second-order valence-corrected chi connectivity index (χ2v) is 6.93. The molecule has 0 saturated carbocycles. The highest BCUT2D eigenvalue weighted by molar-refractivity contribution is 9.10. The summed E-state index contributed by atoms with van der Waals surface area (Å²) in [6.45, 7) is 1.75. The van der Waals surface area contributed by atoms with Crippen LogP contribution in [0, 0.1) is 6.92 Å². The number of rotatable bonds is 4. The number of nitrogens with one attached hydrogen (secondary N) is 2. The third-order valence-electron chi connectivity index (χ3n) is 2.64. The predicted octanol–water partition coefficient (Wildman–Crippen LogP) is 2.97. The maximum Gasteiger partial charge on any atom is 0.260 e. The van der Waals surface area contributed by atoms with Crippen molar-refractivity contribution < 1.29 is 17.6 Å². The van der Waals surface area contributed by atoms with Gasteiger partial charge in [0.05, 0.1) is 23.8 Å². The van der Waals surface area contributed by atoms with E-state index in [0.717, 1.165) is 6.26 Å². The van der Waals surface area contributed by atoms with Gasteiger partial charge >= 0.3 is 0 Å². The Morgan fingerprint density at radius 2 is 2.00 bits per heavy atom. The number of benzene rings is 1. The largest absolute Gasteiger partial charge is 0.457 e. The first-order chi connectivity index (χ1) is 9.76. The van der Waals surface area contributed by atoms with Crippen LogP contribution in [0.15, 0.2) is 39.6 Å². The molecule has 21 heavy (non-hydrogen) atoms. The molecule has 2 N–H and O–H groups in total. The van der Waals surface area contributed by atoms with Crippen molar-refractivity contribution in [2.24, 2.45) is 0 Å². The van der Waals surface area contributed by atoms with Crippen LogP contribution in [0.2, 0.25) is 0 Å². The van der Waals surface area contributed by atoms with Crippen molar-refractivity contribution in [3.8, 4) is 0 Å². The third-order valence-corrected chi connectivity index (χ3v) is 3.85. The summed E-state index contributed by atoms with van der Waals surface area (Å²) in [6, 6.07) is 6.44. The number of carbonyl (C=O) groups excluding carboxylic acids is 1. The number of hydrogen-bond acceptors (Lipinski definition) is 4. The summed E-state index contributed by atoms with van der Waals surface area (Å²) in [7, 11) is -3.33. The Labute approximate surface area is 130 Å². The van der Waals surface area contributed by atoms with Gasteiger partial charge < -0.3 is 9.73 Å². The van der Waals surface area contributed by atoms with E-state index in [-0.39, 0.29) is 5.91 Å². The van der Waals surface area contributed by atoms with Crippen LogP contribution in [0.1, 0.15) is 15.9 Å². The first-order valence-corrected chi connectivity index (χ1v) is 8.57. The fourth-order valence-electron chi connectivity index (χ4n) is 1.71. The summed E-state index contributed by atoms with van der Waals surface area (Å²) in [4.78, 5) is 12.0. The van der Waals surface area contributed by atoms with E-state index in [2.05, 4.69) is 26.0 Å². The molecule has 0 aliphatic carbocycles. The Morgan fingerprint density at radius 1 is 1.29 bits per heavy atom. The van der Waals surface area contributed by atoms with Gasteiger partial charge in [0, 0.05) is 5.69 Å². The van der Waals surface area contributed by atoms with Crippen LogP contribution >= 0.6 is 15.9 Å². The maximum atomic E-state index is 12.0. The molecule has 8 heteroatoms. The predicted molar refractivity (Wildman–Crippen MR) is 84.0 cm³/mol. The molecule has 6 nitrogen and oxygen atoms in total. The van der Waals surface area contributed by atoms with Crippen LogP contribution in [-0.2, 0) is 10.0 Å². The van der Waals surface area contributed by atoms with E-state index in [1.54, 1.807) is 31.2 Å². The SMILES string of the molecule is Cc1cc(NC(=O)c2ccoc2Br)ccc1NS(C)(=O)=O. The minimum absolute atomic E-state index is 0.321. The Balaban J connectivity index is 2.18. The van der Waals surface area contributed by atoms with Crippen LogP contribution in [0.4, 0.5) is 11.4 Å². The summed E-state index contributed by atoms with van der Waals surface area (Å²) >= 11 is 3.14. The molecule has 0 unspecified atom stereocenters. The van der Waals surface area contributed by atoms with Gasteiger partial charge in [-0.3, -0.25) is 9.52 Å². The first-order valence-electron chi connectivity index (χ1n) is 5.89. The fraction of sp³-hybridized carbons (Fsp3) is 0.154. The molecule has 0 spiro atoms. The smallest absolute Gasteiger partial charge is 0.260 e. The van der Waals surface area contributed by atoms with Crippen molar-refractivity contribution in [3.05, 3.63) is 46.3 Å². The fourth-order valence-corrected chi connectivity index (χ4v) is 2.76. The topological polar surface area (TPSA) is 88.4 Å². The van der Waals surface area contributed by atoms with Gasteiger partial charge in [-0.1, -0.05) is 0 Å². The highest BCUT2D eigenvalue weighted by Crippen LogP contribution is 2.23. The lowest BCUT2D eigenvalue weighted by Gasteiger charge is -2.10. The zero-order valence-electron chi connectivity index (χ0n) is 11.3. The third kappa shape index (κ3) is 4.08. The zero-order chi connectivity index (χ0) is 15.6. The van der Waals surface area contributed by atoms with Gasteiger partial charge in [-0.15, -0.1) is 0 Å². The Kier molecular flexibility index (Phi) is 4.38. The molecule has 1 amide bonds. The summed E-state index contributed by atoms with van der Waals surface area (Å²) in [5.74, 6) is -0.321. The lowest BCUT2D eigenvalue weighted by Crippen LogP contribution is -2.13. The van der Waals surface area contributed by atoms with Gasteiger partial charge in [-0.05, 0) is 52.7 Å². The molecular weight excluding hydrogens is 360 g/mol. The van der Waals surface area contributed by atoms with E-state index < -0.39 is 10.0 Å². The van der Waals surface area contributed by atoms with Gasteiger partial charge in [0.25, 0.3) is 5.91 Å². The first kappa shape index (κ1) is 15.6. The second-order valence-electron chi connectivity index (χ2n) is 4.47. The van der Waals surface area contributed by atoms with E-state index in [0.29, 0.717) is 27.2 Å².